The number of benzene rings is 1. The number of aliphatic hydroxyl groups excluding tert-OH is 1. The highest BCUT2D eigenvalue weighted by molar-refractivity contribution is 7.15. The minimum atomic E-state index is -4.36. The standard InChI is InChI=1S/C27H30F3NO2S/c1-16-7-6-8-21(25(16)33-19(4)10-9-18(3)32)12-14-24-20(5)31-26(34-24)22-11-13-23(17(2)15-22)27(28,29)30/h8,11,13,15,32H,3-4,6-7,9-10,12,14H2,1-2,5H3. The lowest BCUT2D eigenvalue weighted by Gasteiger charge is -2.21. The van der Waals surface area contributed by atoms with Crippen molar-refractivity contribution in [2.45, 2.75) is 65.5 Å². The van der Waals surface area contributed by atoms with Crippen LogP contribution in [0.5, 0.6) is 0 Å². The molecule has 0 saturated carbocycles. The summed E-state index contributed by atoms with van der Waals surface area (Å²) >= 11 is 1.52. The molecule has 3 nitrogen and oxygen atoms in total. The molecular weight excluding hydrogens is 459 g/mol. The fourth-order valence-corrected chi connectivity index (χ4v) is 5.00. The summed E-state index contributed by atoms with van der Waals surface area (Å²) in [6, 6.07) is 4.18. The smallest absolute Gasteiger partial charge is 0.416 e. The zero-order valence-corrected chi connectivity index (χ0v) is 20.6. The van der Waals surface area contributed by atoms with Crippen LogP contribution in [0.1, 0.15) is 60.7 Å². The summed E-state index contributed by atoms with van der Waals surface area (Å²) in [6.45, 7) is 12.9. The van der Waals surface area contributed by atoms with Gasteiger partial charge in [0.25, 0.3) is 0 Å². The van der Waals surface area contributed by atoms with Crippen LogP contribution < -0.4 is 0 Å². The molecule has 182 valence electrons. The minimum Gasteiger partial charge on any atom is -0.513 e. The molecule has 0 spiro atoms. The van der Waals surface area contributed by atoms with Crippen LogP contribution in [0.4, 0.5) is 13.2 Å². The molecule has 1 aromatic carbocycles. The molecule has 0 radical (unpaired) electrons. The number of hydrogen-bond acceptors (Lipinski definition) is 4. The molecule has 1 N–H and O–H groups in total. The summed E-state index contributed by atoms with van der Waals surface area (Å²) in [5.41, 5.74) is 3.45. The van der Waals surface area contributed by atoms with Gasteiger partial charge in [0, 0.05) is 23.3 Å². The third-order valence-electron chi connectivity index (χ3n) is 5.82. The van der Waals surface area contributed by atoms with E-state index >= 15 is 0 Å². The van der Waals surface area contributed by atoms with Crippen LogP contribution in [0.2, 0.25) is 0 Å². The predicted octanol–water partition coefficient (Wildman–Crippen LogP) is 8.75. The van der Waals surface area contributed by atoms with Gasteiger partial charge in [-0.25, -0.2) is 4.98 Å². The molecule has 0 unspecified atom stereocenters. The van der Waals surface area contributed by atoms with E-state index in [-0.39, 0.29) is 11.3 Å². The van der Waals surface area contributed by atoms with Gasteiger partial charge in [-0.3, -0.25) is 0 Å². The van der Waals surface area contributed by atoms with Crippen LogP contribution in [0, 0.1) is 13.8 Å². The van der Waals surface area contributed by atoms with Crippen LogP contribution >= 0.6 is 11.3 Å². The van der Waals surface area contributed by atoms with E-state index < -0.39 is 11.7 Å². The average molecular weight is 490 g/mol. The first-order chi connectivity index (χ1) is 16.0. The van der Waals surface area contributed by atoms with Gasteiger partial charge in [0.2, 0.25) is 0 Å². The summed E-state index contributed by atoms with van der Waals surface area (Å²) in [4.78, 5) is 5.73. The fourth-order valence-electron chi connectivity index (χ4n) is 3.94. The molecule has 0 atom stereocenters. The molecule has 0 aliphatic heterocycles. The van der Waals surface area contributed by atoms with Crippen molar-refractivity contribution >= 4 is 11.3 Å². The van der Waals surface area contributed by atoms with Crippen LogP contribution in [0.3, 0.4) is 0 Å². The largest absolute Gasteiger partial charge is 0.513 e. The summed E-state index contributed by atoms with van der Waals surface area (Å²) < 4.78 is 45.3. The summed E-state index contributed by atoms with van der Waals surface area (Å²) in [6.07, 6.45) is 2.15. The average Bonchev–Trinajstić information content (AvgIpc) is 3.12. The highest BCUT2D eigenvalue weighted by Gasteiger charge is 2.32. The first-order valence-corrected chi connectivity index (χ1v) is 12.0. The van der Waals surface area contributed by atoms with E-state index in [9.17, 15) is 18.3 Å². The Bertz CT molecular complexity index is 1160. The molecule has 0 bridgehead atoms. The van der Waals surface area contributed by atoms with Crippen LogP contribution in [0.15, 0.2) is 65.9 Å². The molecule has 1 aromatic heterocycles. The van der Waals surface area contributed by atoms with Gasteiger partial charge >= 0.3 is 6.18 Å². The maximum absolute atomic E-state index is 13.1. The monoisotopic (exact) mass is 489 g/mol. The van der Waals surface area contributed by atoms with E-state index in [0.717, 1.165) is 58.7 Å². The molecular formula is C27H30F3NO2S. The van der Waals surface area contributed by atoms with Crippen LogP contribution in [0.25, 0.3) is 10.6 Å². The third kappa shape index (κ3) is 6.41. The third-order valence-corrected chi connectivity index (χ3v) is 7.09. The fraction of sp³-hybridized carbons (Fsp3) is 0.370. The van der Waals surface area contributed by atoms with Crippen molar-refractivity contribution in [3.63, 3.8) is 0 Å². The molecule has 0 amide bonds. The second-order valence-electron chi connectivity index (χ2n) is 8.64. The summed E-state index contributed by atoms with van der Waals surface area (Å²) in [5, 5.41) is 10.1. The number of halogens is 3. The van der Waals surface area contributed by atoms with Gasteiger partial charge in [-0.2, -0.15) is 13.2 Å². The van der Waals surface area contributed by atoms with Crippen molar-refractivity contribution < 1.29 is 23.0 Å². The van der Waals surface area contributed by atoms with Crippen molar-refractivity contribution in [2.75, 3.05) is 0 Å². The highest BCUT2D eigenvalue weighted by atomic mass is 32.1. The number of thiazole rings is 1. The predicted molar refractivity (Wildman–Crippen MR) is 132 cm³/mol. The van der Waals surface area contributed by atoms with Gasteiger partial charge in [0.05, 0.1) is 22.8 Å². The van der Waals surface area contributed by atoms with E-state index in [1.807, 2.05) is 6.92 Å². The van der Waals surface area contributed by atoms with Gasteiger partial charge in [-0.05, 0) is 75.3 Å². The van der Waals surface area contributed by atoms with Crippen LogP contribution in [-0.4, -0.2) is 10.1 Å². The number of hydrogen-bond donors (Lipinski definition) is 1. The Morgan fingerprint density at radius 2 is 1.88 bits per heavy atom. The number of nitrogens with zero attached hydrogens (tertiary/aromatic N) is 1. The van der Waals surface area contributed by atoms with E-state index in [2.05, 4.69) is 31.1 Å². The molecule has 1 heterocycles. The zero-order chi connectivity index (χ0) is 25.0. The maximum atomic E-state index is 13.1. The minimum absolute atomic E-state index is 0.106. The highest BCUT2D eigenvalue weighted by Crippen LogP contribution is 2.37. The van der Waals surface area contributed by atoms with E-state index in [1.165, 1.54) is 29.9 Å². The number of ether oxygens (including phenoxy) is 1. The van der Waals surface area contributed by atoms with Gasteiger partial charge in [0.15, 0.2) is 0 Å². The Hall–Kier alpha value is -2.80. The van der Waals surface area contributed by atoms with Gasteiger partial charge in [-0.1, -0.05) is 25.3 Å². The second kappa shape index (κ2) is 10.6. The first kappa shape index (κ1) is 25.8. The lowest BCUT2D eigenvalue weighted by Crippen LogP contribution is -2.07. The zero-order valence-electron chi connectivity index (χ0n) is 19.8. The number of aromatic nitrogens is 1. The topological polar surface area (TPSA) is 42.4 Å². The molecule has 1 aliphatic rings. The van der Waals surface area contributed by atoms with Crippen molar-refractivity contribution in [3.8, 4) is 10.6 Å². The SMILES string of the molecule is C=C(O)CCC(=C)OC1=C(C)CCC=C1CCc1sc(-c2ccc(C(F)(F)F)c(C)c2)nc1C. The molecule has 34 heavy (non-hydrogen) atoms. The normalized spacial score (nSPS) is 14.2. The number of rotatable bonds is 9. The number of aryl methyl sites for hydroxylation is 3. The van der Waals surface area contributed by atoms with Crippen LogP contribution in [-0.2, 0) is 17.3 Å². The van der Waals surface area contributed by atoms with Gasteiger partial charge < -0.3 is 9.84 Å². The number of alkyl halides is 3. The molecule has 0 saturated heterocycles. The van der Waals surface area contributed by atoms with Crippen molar-refractivity contribution in [2.24, 2.45) is 0 Å². The molecule has 2 aromatic rings. The first-order valence-electron chi connectivity index (χ1n) is 11.2. The molecule has 1 aliphatic carbocycles. The number of aliphatic hydroxyl groups is 1. The van der Waals surface area contributed by atoms with Gasteiger partial charge in [0.1, 0.15) is 10.8 Å². The van der Waals surface area contributed by atoms with E-state index in [0.29, 0.717) is 24.2 Å². The Kier molecular flexibility index (Phi) is 8.08. The lowest BCUT2D eigenvalue weighted by atomic mass is 9.95. The quantitative estimate of drug-likeness (QED) is 0.358. The Balaban J connectivity index is 1.72. The summed E-state index contributed by atoms with van der Waals surface area (Å²) in [5.74, 6) is 1.54. The lowest BCUT2D eigenvalue weighted by molar-refractivity contribution is -0.138. The van der Waals surface area contributed by atoms with Crippen molar-refractivity contribution in [1.29, 1.82) is 0 Å². The van der Waals surface area contributed by atoms with E-state index in [1.54, 1.807) is 6.07 Å². The second-order valence-corrected chi connectivity index (χ2v) is 9.72. The van der Waals surface area contributed by atoms with E-state index in [4.69, 9.17) is 4.74 Å². The molecule has 7 heteroatoms. The Morgan fingerprint density at radius 3 is 2.53 bits per heavy atom. The Labute approximate surface area is 203 Å². The summed E-state index contributed by atoms with van der Waals surface area (Å²) in [7, 11) is 0. The molecule has 0 fully saturated rings. The van der Waals surface area contributed by atoms with Crippen molar-refractivity contribution in [1.82, 2.24) is 4.98 Å². The Morgan fingerprint density at radius 1 is 1.15 bits per heavy atom. The molecule has 3 rings (SSSR count). The van der Waals surface area contributed by atoms with Crippen molar-refractivity contribution in [3.05, 3.63) is 87.6 Å². The maximum Gasteiger partial charge on any atom is 0.416 e. The van der Waals surface area contributed by atoms with Gasteiger partial charge in [-0.15, -0.1) is 11.3 Å². The number of allylic oxidation sites excluding steroid dienone is 5.